The second-order valence-corrected chi connectivity index (χ2v) is 4.49. The lowest BCUT2D eigenvalue weighted by molar-refractivity contribution is 0.505. The maximum Gasteiger partial charge on any atom is 0.276 e. The third-order valence-electron chi connectivity index (χ3n) is 2.96. The summed E-state index contributed by atoms with van der Waals surface area (Å²) in [4.78, 5) is 12.3. The molecule has 6 heteroatoms. The Hall–Kier alpha value is -2.94. The lowest BCUT2D eigenvalue weighted by Gasteiger charge is -2.09. The van der Waals surface area contributed by atoms with Crippen molar-refractivity contribution in [3.63, 3.8) is 0 Å². The summed E-state index contributed by atoms with van der Waals surface area (Å²) < 4.78 is 27.3. The average molecular weight is 301 g/mol. The molecule has 0 atom stereocenters. The van der Waals surface area contributed by atoms with E-state index in [1.165, 1.54) is 18.3 Å². The molecular formula is C16H13F2N3O. The molecule has 0 unspecified atom stereocenters. The van der Waals surface area contributed by atoms with Crippen LogP contribution in [0.5, 0.6) is 0 Å². The smallest absolute Gasteiger partial charge is 0.276 e. The van der Waals surface area contributed by atoms with Gasteiger partial charge in [0.25, 0.3) is 5.56 Å². The highest BCUT2D eigenvalue weighted by atomic mass is 19.2. The van der Waals surface area contributed by atoms with Crippen LogP contribution in [-0.4, -0.2) is 16.3 Å². The molecule has 2 rings (SSSR count). The number of nitrogens with one attached hydrogen (secondary N) is 1. The topological polar surface area (TPSA) is 46.9 Å². The van der Waals surface area contributed by atoms with Crippen molar-refractivity contribution < 1.29 is 8.78 Å². The normalized spacial score (nSPS) is 10.0. The molecule has 0 saturated carbocycles. The highest BCUT2D eigenvalue weighted by molar-refractivity contribution is 5.60. The van der Waals surface area contributed by atoms with Crippen molar-refractivity contribution in [1.29, 1.82) is 0 Å². The minimum Gasteiger partial charge on any atom is -0.374 e. The third kappa shape index (κ3) is 3.38. The summed E-state index contributed by atoms with van der Waals surface area (Å²) >= 11 is 0. The Morgan fingerprint density at radius 3 is 2.82 bits per heavy atom. The number of benzene rings is 1. The molecule has 0 saturated heterocycles. The number of aromatic nitrogens is 2. The Balaban J connectivity index is 2.29. The molecule has 1 N–H and O–H groups in total. The van der Waals surface area contributed by atoms with Gasteiger partial charge in [-0.25, -0.2) is 13.5 Å². The molecule has 0 aliphatic heterocycles. The first-order chi connectivity index (χ1) is 10.5. The van der Waals surface area contributed by atoms with Gasteiger partial charge in [-0.15, -0.1) is 6.42 Å². The van der Waals surface area contributed by atoms with Crippen molar-refractivity contribution >= 4 is 5.70 Å². The van der Waals surface area contributed by atoms with Crippen LogP contribution in [0.2, 0.25) is 0 Å². The molecule has 0 aliphatic rings. The van der Waals surface area contributed by atoms with E-state index >= 15 is 0 Å². The monoisotopic (exact) mass is 301 g/mol. The summed E-state index contributed by atoms with van der Waals surface area (Å²) in [5, 5.41) is 6.74. The van der Waals surface area contributed by atoms with Gasteiger partial charge in [-0.3, -0.25) is 4.79 Å². The minimum absolute atomic E-state index is 0.0201. The zero-order valence-electron chi connectivity index (χ0n) is 11.6. The van der Waals surface area contributed by atoms with Crippen LogP contribution in [0, 0.1) is 24.0 Å². The van der Waals surface area contributed by atoms with E-state index in [-0.39, 0.29) is 13.1 Å². The standard InChI is InChI=1S/C16H13F2N3O/c1-3-7-19-11(2)13-6-8-20-21(16(13)22)10-12-4-5-14(17)15(18)9-12/h1,4-6,8-9,19H,2,7,10H2. The van der Waals surface area contributed by atoms with Gasteiger partial charge in [0, 0.05) is 11.9 Å². The zero-order valence-corrected chi connectivity index (χ0v) is 11.6. The van der Waals surface area contributed by atoms with Crippen LogP contribution < -0.4 is 10.9 Å². The maximum absolute atomic E-state index is 13.2. The number of hydrogen-bond donors (Lipinski definition) is 1. The van der Waals surface area contributed by atoms with E-state index in [1.807, 2.05) is 0 Å². The maximum atomic E-state index is 13.2. The van der Waals surface area contributed by atoms with Gasteiger partial charge >= 0.3 is 0 Å². The molecule has 4 nitrogen and oxygen atoms in total. The van der Waals surface area contributed by atoms with E-state index < -0.39 is 17.2 Å². The molecule has 0 radical (unpaired) electrons. The largest absolute Gasteiger partial charge is 0.374 e. The van der Waals surface area contributed by atoms with Gasteiger partial charge in [0.15, 0.2) is 11.6 Å². The van der Waals surface area contributed by atoms with Gasteiger partial charge in [0.1, 0.15) is 0 Å². The van der Waals surface area contributed by atoms with E-state index in [4.69, 9.17) is 6.42 Å². The molecule has 22 heavy (non-hydrogen) atoms. The molecule has 112 valence electrons. The Bertz CT molecular complexity index is 806. The number of hydrogen-bond acceptors (Lipinski definition) is 3. The van der Waals surface area contributed by atoms with E-state index in [0.717, 1.165) is 16.8 Å². The van der Waals surface area contributed by atoms with Crippen molar-refractivity contribution in [1.82, 2.24) is 15.1 Å². The van der Waals surface area contributed by atoms with Crippen molar-refractivity contribution in [2.24, 2.45) is 0 Å². The third-order valence-corrected chi connectivity index (χ3v) is 2.96. The first kappa shape index (κ1) is 15.4. The van der Waals surface area contributed by atoms with Crippen LogP contribution in [0.15, 0.2) is 41.8 Å². The van der Waals surface area contributed by atoms with Gasteiger partial charge in [-0.05, 0) is 23.8 Å². The molecular weight excluding hydrogens is 288 g/mol. The highest BCUT2D eigenvalue weighted by Gasteiger charge is 2.09. The fourth-order valence-electron chi connectivity index (χ4n) is 1.86. The fourth-order valence-corrected chi connectivity index (χ4v) is 1.86. The van der Waals surface area contributed by atoms with Crippen LogP contribution in [-0.2, 0) is 6.54 Å². The Morgan fingerprint density at radius 2 is 2.14 bits per heavy atom. The molecule has 0 amide bonds. The van der Waals surface area contributed by atoms with Crippen LogP contribution >= 0.6 is 0 Å². The second kappa shape index (κ2) is 6.68. The van der Waals surface area contributed by atoms with Crippen molar-refractivity contribution in [3.8, 4) is 12.3 Å². The highest BCUT2D eigenvalue weighted by Crippen LogP contribution is 2.09. The molecule has 2 aromatic rings. The molecule has 0 aliphatic carbocycles. The summed E-state index contributed by atoms with van der Waals surface area (Å²) in [5.41, 5.74) is 0.715. The van der Waals surface area contributed by atoms with Crippen molar-refractivity contribution in [2.75, 3.05) is 6.54 Å². The summed E-state index contributed by atoms with van der Waals surface area (Å²) in [5.74, 6) is 0.470. The van der Waals surface area contributed by atoms with Crippen molar-refractivity contribution in [2.45, 2.75) is 6.54 Å². The quantitative estimate of drug-likeness (QED) is 0.856. The lowest BCUT2D eigenvalue weighted by atomic mass is 10.2. The number of halogens is 2. The summed E-state index contributed by atoms with van der Waals surface area (Å²) in [6, 6.07) is 4.94. The number of terminal acetylenes is 1. The van der Waals surface area contributed by atoms with E-state index in [1.54, 1.807) is 0 Å². The van der Waals surface area contributed by atoms with E-state index in [9.17, 15) is 13.6 Å². The van der Waals surface area contributed by atoms with Crippen LogP contribution in [0.3, 0.4) is 0 Å². The Morgan fingerprint density at radius 1 is 1.36 bits per heavy atom. The summed E-state index contributed by atoms with van der Waals surface area (Å²) in [7, 11) is 0. The summed E-state index contributed by atoms with van der Waals surface area (Å²) in [6.07, 6.45) is 6.57. The molecule has 0 spiro atoms. The van der Waals surface area contributed by atoms with Crippen LogP contribution in [0.4, 0.5) is 8.78 Å². The number of nitrogens with zero attached hydrogens (tertiary/aromatic N) is 2. The molecule has 1 heterocycles. The number of rotatable bonds is 5. The van der Waals surface area contributed by atoms with Crippen LogP contribution in [0.25, 0.3) is 5.70 Å². The molecule has 1 aromatic heterocycles. The first-order valence-corrected chi connectivity index (χ1v) is 6.39. The van der Waals surface area contributed by atoms with Gasteiger partial charge in [-0.1, -0.05) is 18.6 Å². The van der Waals surface area contributed by atoms with Crippen LogP contribution in [0.1, 0.15) is 11.1 Å². The molecule has 1 aromatic carbocycles. The lowest BCUT2D eigenvalue weighted by Crippen LogP contribution is -2.28. The Kier molecular flexibility index (Phi) is 4.69. The van der Waals surface area contributed by atoms with Gasteiger partial charge in [-0.2, -0.15) is 5.10 Å². The van der Waals surface area contributed by atoms with Gasteiger partial charge in [0.2, 0.25) is 0 Å². The Labute approximate surface area is 126 Å². The second-order valence-electron chi connectivity index (χ2n) is 4.49. The fraction of sp³-hybridized carbons (Fsp3) is 0.125. The van der Waals surface area contributed by atoms with Gasteiger partial charge in [0.05, 0.1) is 18.7 Å². The summed E-state index contributed by atoms with van der Waals surface area (Å²) in [6.45, 7) is 4.00. The average Bonchev–Trinajstić information content (AvgIpc) is 2.50. The SMILES string of the molecule is C#CCNC(=C)c1ccnn(Cc2ccc(F)c(F)c2)c1=O. The minimum atomic E-state index is -0.971. The molecule has 0 bridgehead atoms. The van der Waals surface area contributed by atoms with E-state index in [0.29, 0.717) is 16.8 Å². The first-order valence-electron chi connectivity index (χ1n) is 6.39. The predicted molar refractivity (Wildman–Crippen MR) is 79.8 cm³/mol. The van der Waals surface area contributed by atoms with Crippen molar-refractivity contribution in [3.05, 3.63) is 70.2 Å². The zero-order chi connectivity index (χ0) is 16.1. The van der Waals surface area contributed by atoms with E-state index in [2.05, 4.69) is 22.9 Å². The van der Waals surface area contributed by atoms with Gasteiger partial charge < -0.3 is 5.32 Å². The predicted octanol–water partition coefficient (Wildman–Crippen LogP) is 1.76. The molecule has 0 fully saturated rings.